The van der Waals surface area contributed by atoms with E-state index in [9.17, 15) is 4.79 Å². The fraction of sp³-hybridized carbons (Fsp3) is 0. The van der Waals surface area contributed by atoms with E-state index >= 15 is 0 Å². The van der Waals surface area contributed by atoms with Crippen LogP contribution in [0.4, 0.5) is 11.4 Å². The van der Waals surface area contributed by atoms with Gasteiger partial charge in [-0.15, -0.1) is 0 Å². The standard InChI is InChI=1S/C15H10N6O/c16-20-18-13-5-1-3-11(9-13)7-8-15(22)12-4-2-6-14(10-12)19-21-17/h1-10H/b8-7+. The van der Waals surface area contributed by atoms with Crippen LogP contribution in [-0.4, -0.2) is 5.78 Å². The van der Waals surface area contributed by atoms with Crippen LogP contribution < -0.4 is 0 Å². The molecule has 0 heterocycles. The molecule has 0 aliphatic carbocycles. The number of allylic oxidation sites excluding steroid dienone is 1. The average molecular weight is 290 g/mol. The largest absolute Gasteiger partial charge is 0.289 e. The van der Waals surface area contributed by atoms with Crippen molar-refractivity contribution in [2.75, 3.05) is 0 Å². The van der Waals surface area contributed by atoms with Gasteiger partial charge in [-0.25, -0.2) is 0 Å². The predicted octanol–water partition coefficient (Wildman–Crippen LogP) is 5.47. The topological polar surface area (TPSA) is 115 Å². The van der Waals surface area contributed by atoms with Gasteiger partial charge in [0.05, 0.1) is 0 Å². The van der Waals surface area contributed by atoms with Gasteiger partial charge in [0.1, 0.15) is 0 Å². The van der Waals surface area contributed by atoms with E-state index in [2.05, 4.69) is 20.1 Å². The first-order valence-electron chi connectivity index (χ1n) is 6.25. The molecular formula is C15H10N6O. The molecule has 0 aliphatic rings. The summed E-state index contributed by atoms with van der Waals surface area (Å²) in [6.45, 7) is 0. The fourth-order valence-electron chi connectivity index (χ4n) is 1.78. The van der Waals surface area contributed by atoms with Crippen molar-refractivity contribution in [1.29, 1.82) is 0 Å². The second-order valence-corrected chi connectivity index (χ2v) is 4.22. The second kappa shape index (κ2) is 7.31. The molecule has 7 nitrogen and oxygen atoms in total. The maximum absolute atomic E-state index is 12.1. The third kappa shape index (κ3) is 3.98. The predicted molar refractivity (Wildman–Crippen MR) is 83.9 cm³/mol. The smallest absolute Gasteiger partial charge is 0.185 e. The van der Waals surface area contributed by atoms with Crippen LogP contribution in [-0.2, 0) is 0 Å². The molecule has 0 fully saturated rings. The second-order valence-electron chi connectivity index (χ2n) is 4.22. The van der Waals surface area contributed by atoms with Crippen molar-refractivity contribution in [3.63, 3.8) is 0 Å². The highest BCUT2D eigenvalue weighted by Gasteiger charge is 2.02. The zero-order chi connectivity index (χ0) is 15.8. The van der Waals surface area contributed by atoms with E-state index in [0.29, 0.717) is 16.9 Å². The highest BCUT2D eigenvalue weighted by Crippen LogP contribution is 2.17. The normalized spacial score (nSPS) is 9.82. The van der Waals surface area contributed by atoms with Gasteiger partial charge in [-0.1, -0.05) is 52.7 Å². The SMILES string of the molecule is [N-]=[N+]=Nc1cccc(/C=C/C(=O)c2cccc(N=[N+]=[N-])c2)c1. The lowest BCUT2D eigenvalue weighted by atomic mass is 10.1. The van der Waals surface area contributed by atoms with Crippen molar-refractivity contribution in [1.82, 2.24) is 0 Å². The maximum atomic E-state index is 12.1. The van der Waals surface area contributed by atoms with Crippen LogP contribution in [0.25, 0.3) is 27.0 Å². The Bertz CT molecular complexity index is 829. The Morgan fingerprint density at radius 3 is 2.27 bits per heavy atom. The number of hydrogen-bond acceptors (Lipinski definition) is 3. The number of carbonyl (C=O) groups is 1. The lowest BCUT2D eigenvalue weighted by molar-refractivity contribution is 0.104. The number of ketones is 1. The molecule has 0 spiro atoms. The number of hydrogen-bond donors (Lipinski definition) is 0. The summed E-state index contributed by atoms with van der Waals surface area (Å²) >= 11 is 0. The molecule has 2 aromatic carbocycles. The molecule has 0 amide bonds. The zero-order valence-electron chi connectivity index (χ0n) is 11.4. The number of carbonyl (C=O) groups excluding carboxylic acids is 1. The summed E-state index contributed by atoms with van der Waals surface area (Å²) in [7, 11) is 0. The van der Waals surface area contributed by atoms with Crippen LogP contribution in [0.15, 0.2) is 64.8 Å². The third-order valence-electron chi connectivity index (χ3n) is 2.75. The van der Waals surface area contributed by atoms with Crippen LogP contribution in [0.2, 0.25) is 0 Å². The molecule has 2 aromatic rings. The van der Waals surface area contributed by atoms with E-state index in [-0.39, 0.29) is 5.78 Å². The van der Waals surface area contributed by atoms with Crippen molar-refractivity contribution in [2.45, 2.75) is 0 Å². The van der Waals surface area contributed by atoms with E-state index < -0.39 is 0 Å². The van der Waals surface area contributed by atoms with Gasteiger partial charge in [0.15, 0.2) is 5.78 Å². The van der Waals surface area contributed by atoms with Crippen molar-refractivity contribution < 1.29 is 4.79 Å². The Balaban J connectivity index is 2.21. The van der Waals surface area contributed by atoms with E-state index in [1.165, 1.54) is 12.1 Å². The minimum atomic E-state index is -0.218. The molecule has 0 aromatic heterocycles. The Kier molecular flexibility index (Phi) is 4.94. The van der Waals surface area contributed by atoms with E-state index in [1.54, 1.807) is 48.5 Å². The Hall–Kier alpha value is -3.53. The number of benzene rings is 2. The lowest BCUT2D eigenvalue weighted by Crippen LogP contribution is -1.93. The van der Waals surface area contributed by atoms with E-state index in [4.69, 9.17) is 11.1 Å². The van der Waals surface area contributed by atoms with Crippen molar-refractivity contribution >= 4 is 23.2 Å². The minimum absolute atomic E-state index is 0.218. The molecule has 0 atom stereocenters. The van der Waals surface area contributed by atoms with Gasteiger partial charge in [0.25, 0.3) is 0 Å². The zero-order valence-corrected chi connectivity index (χ0v) is 11.4. The van der Waals surface area contributed by atoms with Gasteiger partial charge in [-0.2, -0.15) is 0 Å². The summed E-state index contributed by atoms with van der Waals surface area (Å²) in [4.78, 5) is 17.5. The molecule has 0 unspecified atom stereocenters. The summed E-state index contributed by atoms with van der Waals surface area (Å²) in [5.41, 5.74) is 18.8. The maximum Gasteiger partial charge on any atom is 0.185 e. The van der Waals surface area contributed by atoms with Crippen LogP contribution in [0.5, 0.6) is 0 Å². The summed E-state index contributed by atoms with van der Waals surface area (Å²) < 4.78 is 0. The Labute approximate surface area is 125 Å². The molecule has 0 aliphatic heterocycles. The van der Waals surface area contributed by atoms with Gasteiger partial charge < -0.3 is 0 Å². The fourth-order valence-corrected chi connectivity index (χ4v) is 1.78. The van der Waals surface area contributed by atoms with Gasteiger partial charge in [-0.3, -0.25) is 4.79 Å². The van der Waals surface area contributed by atoms with Gasteiger partial charge in [-0.05, 0) is 34.8 Å². The first-order chi connectivity index (χ1) is 10.7. The van der Waals surface area contributed by atoms with Crippen molar-refractivity contribution in [3.05, 3.63) is 86.6 Å². The molecule has 22 heavy (non-hydrogen) atoms. The molecule has 0 radical (unpaired) electrons. The number of nitrogens with zero attached hydrogens (tertiary/aromatic N) is 6. The molecular weight excluding hydrogens is 280 g/mol. The molecule has 7 heteroatoms. The lowest BCUT2D eigenvalue weighted by Gasteiger charge is -1.98. The Morgan fingerprint density at radius 2 is 1.59 bits per heavy atom. The van der Waals surface area contributed by atoms with Crippen molar-refractivity contribution in [2.24, 2.45) is 10.2 Å². The highest BCUT2D eigenvalue weighted by molar-refractivity contribution is 6.07. The first-order valence-corrected chi connectivity index (χ1v) is 6.25. The Morgan fingerprint density at radius 1 is 0.955 bits per heavy atom. The molecule has 2 rings (SSSR count). The first kappa shape index (κ1) is 14.9. The van der Waals surface area contributed by atoms with Crippen LogP contribution >= 0.6 is 0 Å². The summed E-state index contributed by atoms with van der Waals surface area (Å²) in [5, 5.41) is 6.96. The van der Waals surface area contributed by atoms with E-state index in [1.807, 2.05) is 0 Å². The third-order valence-corrected chi connectivity index (χ3v) is 2.75. The van der Waals surface area contributed by atoms with Crippen LogP contribution in [0.3, 0.4) is 0 Å². The van der Waals surface area contributed by atoms with Crippen LogP contribution in [0.1, 0.15) is 15.9 Å². The number of azide groups is 2. The molecule has 0 saturated carbocycles. The molecule has 106 valence electrons. The highest BCUT2D eigenvalue weighted by atomic mass is 16.1. The number of rotatable bonds is 5. The van der Waals surface area contributed by atoms with Gasteiger partial charge in [0, 0.05) is 26.8 Å². The minimum Gasteiger partial charge on any atom is -0.289 e. The summed E-state index contributed by atoms with van der Waals surface area (Å²) in [6.07, 6.45) is 3.03. The van der Waals surface area contributed by atoms with Gasteiger partial charge in [0.2, 0.25) is 0 Å². The van der Waals surface area contributed by atoms with E-state index in [0.717, 1.165) is 5.56 Å². The molecule has 0 N–H and O–H groups in total. The van der Waals surface area contributed by atoms with Crippen LogP contribution in [0, 0.1) is 0 Å². The molecule has 0 saturated heterocycles. The average Bonchev–Trinajstić information content (AvgIpc) is 2.54. The summed E-state index contributed by atoms with van der Waals surface area (Å²) in [6, 6.07) is 13.3. The summed E-state index contributed by atoms with van der Waals surface area (Å²) in [5.74, 6) is -0.218. The van der Waals surface area contributed by atoms with Crippen molar-refractivity contribution in [3.8, 4) is 0 Å². The quantitative estimate of drug-likeness (QED) is 0.235. The van der Waals surface area contributed by atoms with Gasteiger partial charge >= 0.3 is 0 Å². The molecule has 0 bridgehead atoms. The monoisotopic (exact) mass is 290 g/mol.